The summed E-state index contributed by atoms with van der Waals surface area (Å²) in [7, 11) is -3.86. The van der Waals surface area contributed by atoms with Gasteiger partial charge in [0.15, 0.2) is 0 Å². The van der Waals surface area contributed by atoms with Gasteiger partial charge in [-0.05, 0) is 42.7 Å². The Morgan fingerprint density at radius 3 is 2.72 bits per heavy atom. The third-order valence-corrected chi connectivity index (χ3v) is 6.28. The first kappa shape index (κ1) is 21.0. The van der Waals surface area contributed by atoms with Crippen molar-refractivity contribution in [1.82, 2.24) is 10.0 Å². The first-order valence-corrected chi connectivity index (χ1v) is 11.0. The van der Waals surface area contributed by atoms with Gasteiger partial charge < -0.3 is 10.1 Å². The van der Waals surface area contributed by atoms with E-state index >= 15 is 0 Å². The predicted molar refractivity (Wildman–Crippen MR) is 110 cm³/mol. The highest BCUT2D eigenvalue weighted by molar-refractivity contribution is 7.89. The molecule has 0 aliphatic carbocycles. The average Bonchev–Trinajstić information content (AvgIpc) is 3.10. The molecule has 1 heterocycles. The molecular formula is C21H24N2O5S. The van der Waals surface area contributed by atoms with Crippen molar-refractivity contribution in [1.29, 1.82) is 0 Å². The molecule has 3 rings (SSSR count). The largest absolute Gasteiger partial charge is 0.463 e. The molecule has 29 heavy (non-hydrogen) atoms. The van der Waals surface area contributed by atoms with E-state index < -0.39 is 22.0 Å². The number of hydrogen-bond donors (Lipinski definition) is 2. The smallest absolute Gasteiger partial charge is 0.330 e. The van der Waals surface area contributed by atoms with Gasteiger partial charge in [0.2, 0.25) is 15.9 Å². The van der Waals surface area contributed by atoms with Gasteiger partial charge in [0.1, 0.15) is 0 Å². The number of esters is 1. The Morgan fingerprint density at radius 2 is 2.03 bits per heavy atom. The quantitative estimate of drug-likeness (QED) is 0.507. The van der Waals surface area contributed by atoms with Gasteiger partial charge in [0.05, 0.1) is 11.5 Å². The van der Waals surface area contributed by atoms with Crippen molar-refractivity contribution in [3.63, 3.8) is 0 Å². The van der Waals surface area contributed by atoms with E-state index in [2.05, 4.69) is 10.0 Å². The number of sulfonamides is 1. The van der Waals surface area contributed by atoms with E-state index in [0.717, 1.165) is 10.8 Å². The second-order valence-electron chi connectivity index (χ2n) is 6.86. The summed E-state index contributed by atoms with van der Waals surface area (Å²) in [5.41, 5.74) is 0. The molecule has 0 saturated carbocycles. The molecule has 2 atom stereocenters. The normalized spacial score (nSPS) is 18.1. The van der Waals surface area contributed by atoms with Crippen LogP contribution in [0.1, 0.15) is 19.8 Å². The molecule has 2 N–H and O–H groups in total. The first-order chi connectivity index (χ1) is 13.9. The Hall–Kier alpha value is -2.71. The molecule has 8 heteroatoms. The summed E-state index contributed by atoms with van der Waals surface area (Å²) in [6, 6.07) is 11.7. The number of amides is 1. The lowest BCUT2D eigenvalue weighted by molar-refractivity contribution is -0.137. The Morgan fingerprint density at radius 1 is 1.28 bits per heavy atom. The van der Waals surface area contributed by atoms with Crippen LogP contribution >= 0.6 is 0 Å². The number of carbonyl (C=O) groups excluding carboxylic acids is 2. The van der Waals surface area contributed by atoms with Crippen LogP contribution in [0.2, 0.25) is 0 Å². The zero-order valence-electron chi connectivity index (χ0n) is 16.1. The maximum Gasteiger partial charge on any atom is 0.330 e. The fourth-order valence-electron chi connectivity index (χ4n) is 3.33. The van der Waals surface area contributed by atoms with E-state index in [1.165, 1.54) is 12.2 Å². The van der Waals surface area contributed by atoms with Crippen molar-refractivity contribution in [2.24, 2.45) is 5.92 Å². The summed E-state index contributed by atoms with van der Waals surface area (Å²) < 4.78 is 33.4. The third kappa shape index (κ3) is 5.42. The van der Waals surface area contributed by atoms with Crippen LogP contribution in [0.3, 0.4) is 0 Å². The highest BCUT2D eigenvalue weighted by atomic mass is 32.2. The molecule has 154 valence electrons. The van der Waals surface area contributed by atoms with Crippen LogP contribution in [0.25, 0.3) is 10.8 Å². The average molecular weight is 416 g/mol. The Labute approximate surface area is 170 Å². The minimum absolute atomic E-state index is 0.107. The molecule has 1 aliphatic heterocycles. The fraction of sp³-hybridized carbons (Fsp3) is 0.333. The number of rotatable bonds is 8. The van der Waals surface area contributed by atoms with Gasteiger partial charge >= 0.3 is 5.97 Å². The van der Waals surface area contributed by atoms with E-state index in [1.54, 1.807) is 25.1 Å². The van der Waals surface area contributed by atoms with Gasteiger partial charge in [-0.3, -0.25) is 4.79 Å². The van der Waals surface area contributed by atoms with E-state index in [-0.39, 0.29) is 29.7 Å². The summed E-state index contributed by atoms with van der Waals surface area (Å²) >= 11 is 0. The maximum atomic E-state index is 13.0. The molecule has 1 fully saturated rings. The topological polar surface area (TPSA) is 102 Å². The number of nitrogens with one attached hydrogen (secondary N) is 2. The molecule has 1 saturated heterocycles. The summed E-state index contributed by atoms with van der Waals surface area (Å²) in [4.78, 5) is 23.7. The fourth-order valence-corrected chi connectivity index (χ4v) is 4.57. The van der Waals surface area contributed by atoms with Crippen LogP contribution in [0.15, 0.2) is 59.5 Å². The second kappa shape index (κ2) is 9.19. The SMILES string of the molecule is CCOC(=O)C=C[C@H](C[C@@H]1CCNC1=O)NS(=O)(=O)c1ccc2ccccc2c1. The van der Waals surface area contributed by atoms with Crippen molar-refractivity contribution in [2.45, 2.75) is 30.7 Å². The second-order valence-corrected chi connectivity index (χ2v) is 8.57. The third-order valence-electron chi connectivity index (χ3n) is 4.79. The molecule has 1 amide bonds. The number of ether oxygens (including phenoxy) is 1. The lowest BCUT2D eigenvalue weighted by Crippen LogP contribution is -2.36. The summed E-state index contributed by atoms with van der Waals surface area (Å²) in [6.07, 6.45) is 3.53. The van der Waals surface area contributed by atoms with Crippen LogP contribution in [-0.2, 0) is 24.3 Å². The lowest BCUT2D eigenvalue weighted by atomic mass is 9.99. The van der Waals surface area contributed by atoms with Crippen LogP contribution in [0.4, 0.5) is 0 Å². The van der Waals surface area contributed by atoms with Gasteiger partial charge in [0, 0.05) is 24.6 Å². The van der Waals surface area contributed by atoms with Gasteiger partial charge in [-0.2, -0.15) is 0 Å². The van der Waals surface area contributed by atoms with Crippen LogP contribution in [-0.4, -0.2) is 39.5 Å². The monoisotopic (exact) mass is 416 g/mol. The number of fused-ring (bicyclic) bond motifs is 1. The van der Waals surface area contributed by atoms with Crippen molar-refractivity contribution < 1.29 is 22.7 Å². The standard InChI is InChI=1S/C21H24N2O5S/c1-2-28-20(24)10-8-18(13-17-11-12-22-21(17)25)23-29(26,27)19-9-7-15-5-3-4-6-16(15)14-19/h3-10,14,17-18,23H,2,11-13H2,1H3,(H,22,25)/t17-,18+/m0/s1. The van der Waals surface area contributed by atoms with Crippen molar-refractivity contribution in [3.05, 3.63) is 54.6 Å². The number of benzene rings is 2. The molecule has 0 spiro atoms. The van der Waals surface area contributed by atoms with Crippen molar-refractivity contribution >= 4 is 32.7 Å². The lowest BCUT2D eigenvalue weighted by Gasteiger charge is -2.18. The molecule has 0 radical (unpaired) electrons. The minimum atomic E-state index is -3.86. The van der Waals surface area contributed by atoms with Gasteiger partial charge in [0.25, 0.3) is 0 Å². The predicted octanol–water partition coefficient (Wildman–Crippen LogP) is 2.13. The van der Waals surface area contributed by atoms with Crippen LogP contribution in [0.5, 0.6) is 0 Å². The Bertz CT molecular complexity index is 1030. The van der Waals surface area contributed by atoms with E-state index in [1.807, 2.05) is 24.3 Å². The summed E-state index contributed by atoms with van der Waals surface area (Å²) in [5, 5.41) is 4.49. The highest BCUT2D eigenvalue weighted by Crippen LogP contribution is 2.21. The molecule has 0 bridgehead atoms. The number of carbonyl (C=O) groups is 2. The van der Waals surface area contributed by atoms with Crippen LogP contribution in [0, 0.1) is 5.92 Å². The molecule has 0 aromatic heterocycles. The maximum absolute atomic E-state index is 13.0. The zero-order chi connectivity index (χ0) is 20.9. The zero-order valence-corrected chi connectivity index (χ0v) is 16.9. The molecule has 0 unspecified atom stereocenters. The summed E-state index contributed by atoms with van der Waals surface area (Å²) in [6.45, 7) is 2.48. The Kier molecular flexibility index (Phi) is 6.66. The summed E-state index contributed by atoms with van der Waals surface area (Å²) in [5.74, 6) is -0.978. The Balaban J connectivity index is 1.83. The highest BCUT2D eigenvalue weighted by Gasteiger charge is 2.28. The van der Waals surface area contributed by atoms with E-state index in [4.69, 9.17) is 4.74 Å². The van der Waals surface area contributed by atoms with E-state index in [0.29, 0.717) is 13.0 Å². The van der Waals surface area contributed by atoms with Gasteiger partial charge in [-0.25, -0.2) is 17.9 Å². The molecule has 2 aromatic rings. The van der Waals surface area contributed by atoms with Crippen LogP contribution < -0.4 is 10.0 Å². The molecule has 2 aromatic carbocycles. The molecular weight excluding hydrogens is 392 g/mol. The number of hydrogen-bond acceptors (Lipinski definition) is 5. The van der Waals surface area contributed by atoms with Gasteiger partial charge in [-0.15, -0.1) is 0 Å². The van der Waals surface area contributed by atoms with Gasteiger partial charge in [-0.1, -0.05) is 36.4 Å². The van der Waals surface area contributed by atoms with Crippen molar-refractivity contribution in [3.8, 4) is 0 Å². The van der Waals surface area contributed by atoms with E-state index in [9.17, 15) is 18.0 Å². The minimum Gasteiger partial charge on any atom is -0.463 e. The molecule has 1 aliphatic rings. The van der Waals surface area contributed by atoms with Crippen molar-refractivity contribution in [2.75, 3.05) is 13.2 Å². The first-order valence-electron chi connectivity index (χ1n) is 9.53. The molecule has 7 nitrogen and oxygen atoms in total.